The number of rotatable bonds is 4. The number of nitrogens with one attached hydrogen (secondary N) is 2. The van der Waals surface area contributed by atoms with Crippen LogP contribution in [0.3, 0.4) is 0 Å². The van der Waals surface area contributed by atoms with Crippen LogP contribution in [0.5, 0.6) is 0 Å². The SMILES string of the molecule is COC(=O)Nc1cc(C(=O)N2CCCNCC2)ccc1N1CCN(C(=O)c2ccc(C#N)cc2)CC1. The number of nitrogens with zero attached hydrogens (tertiary/aromatic N) is 4. The van der Waals surface area contributed by atoms with Crippen LogP contribution >= 0.6 is 0 Å². The lowest BCUT2D eigenvalue weighted by Crippen LogP contribution is -2.49. The summed E-state index contributed by atoms with van der Waals surface area (Å²) < 4.78 is 4.80. The van der Waals surface area contributed by atoms with Crippen molar-refractivity contribution in [3.05, 3.63) is 59.2 Å². The molecule has 188 valence electrons. The number of carbonyl (C=O) groups is 3. The van der Waals surface area contributed by atoms with Crippen LogP contribution in [0, 0.1) is 11.3 Å². The molecule has 0 radical (unpaired) electrons. The van der Waals surface area contributed by atoms with E-state index >= 15 is 0 Å². The number of piperazine rings is 1. The van der Waals surface area contributed by atoms with Crippen LogP contribution in [0.4, 0.5) is 16.2 Å². The van der Waals surface area contributed by atoms with E-state index in [1.54, 1.807) is 41.3 Å². The first-order valence-corrected chi connectivity index (χ1v) is 12.0. The fourth-order valence-electron chi connectivity index (χ4n) is 4.46. The molecule has 2 heterocycles. The van der Waals surface area contributed by atoms with E-state index in [-0.39, 0.29) is 11.8 Å². The molecule has 4 rings (SSSR count). The summed E-state index contributed by atoms with van der Waals surface area (Å²) in [6, 6.07) is 14.0. The zero-order valence-electron chi connectivity index (χ0n) is 20.3. The van der Waals surface area contributed by atoms with Crippen molar-refractivity contribution in [3.8, 4) is 6.07 Å². The second-order valence-electron chi connectivity index (χ2n) is 8.71. The van der Waals surface area contributed by atoms with Gasteiger partial charge in [0, 0.05) is 56.9 Å². The highest BCUT2D eigenvalue weighted by Crippen LogP contribution is 2.29. The normalized spacial score (nSPS) is 16.1. The molecule has 0 saturated carbocycles. The molecule has 2 aromatic rings. The minimum Gasteiger partial charge on any atom is -0.453 e. The summed E-state index contributed by atoms with van der Waals surface area (Å²) in [5, 5.41) is 15.0. The molecule has 36 heavy (non-hydrogen) atoms. The van der Waals surface area contributed by atoms with Gasteiger partial charge in [-0.1, -0.05) is 0 Å². The molecule has 2 aliphatic rings. The van der Waals surface area contributed by atoms with Gasteiger partial charge < -0.3 is 24.8 Å². The Balaban J connectivity index is 1.48. The van der Waals surface area contributed by atoms with Crippen molar-refractivity contribution in [2.75, 3.05) is 69.7 Å². The van der Waals surface area contributed by atoms with Gasteiger partial charge in [0.15, 0.2) is 0 Å². The third-order valence-corrected chi connectivity index (χ3v) is 6.46. The number of nitriles is 1. The van der Waals surface area contributed by atoms with Gasteiger partial charge in [-0.2, -0.15) is 5.26 Å². The molecule has 10 heteroatoms. The van der Waals surface area contributed by atoms with Crippen molar-refractivity contribution in [1.82, 2.24) is 15.1 Å². The van der Waals surface area contributed by atoms with Crippen molar-refractivity contribution in [1.29, 1.82) is 5.26 Å². The number of benzene rings is 2. The Hall–Kier alpha value is -4.10. The maximum atomic E-state index is 13.1. The molecule has 0 aliphatic carbocycles. The van der Waals surface area contributed by atoms with Gasteiger partial charge in [-0.3, -0.25) is 14.9 Å². The Labute approximate surface area is 210 Å². The van der Waals surface area contributed by atoms with E-state index in [2.05, 4.69) is 21.6 Å². The van der Waals surface area contributed by atoms with E-state index in [1.165, 1.54) is 7.11 Å². The molecular weight excluding hydrogens is 460 g/mol. The minimum atomic E-state index is -0.616. The maximum Gasteiger partial charge on any atom is 0.411 e. The number of hydrogen-bond acceptors (Lipinski definition) is 7. The topological polar surface area (TPSA) is 118 Å². The van der Waals surface area contributed by atoms with E-state index in [0.29, 0.717) is 61.6 Å². The summed E-state index contributed by atoms with van der Waals surface area (Å²) in [4.78, 5) is 43.8. The lowest BCUT2D eigenvalue weighted by molar-refractivity contribution is 0.0743. The lowest BCUT2D eigenvalue weighted by atomic mass is 10.1. The van der Waals surface area contributed by atoms with Gasteiger partial charge in [0.25, 0.3) is 11.8 Å². The third-order valence-electron chi connectivity index (χ3n) is 6.46. The molecule has 2 aromatic carbocycles. The average Bonchev–Trinajstić information content (AvgIpc) is 3.22. The second kappa shape index (κ2) is 11.6. The standard InChI is InChI=1S/C26H30N6O4/c1-36-26(35)29-22-17-21(25(34)31-11-2-9-28-10-12-31)7-8-23(22)30-13-15-32(16-14-30)24(33)20-5-3-19(18-27)4-6-20/h3-8,17,28H,2,9-16H2,1H3,(H,29,35). The summed E-state index contributed by atoms with van der Waals surface area (Å²) >= 11 is 0. The zero-order chi connectivity index (χ0) is 25.5. The average molecular weight is 491 g/mol. The Morgan fingerprint density at radius 1 is 0.889 bits per heavy atom. The molecule has 2 aliphatic heterocycles. The first kappa shape index (κ1) is 25.0. The summed E-state index contributed by atoms with van der Waals surface area (Å²) in [6.45, 7) is 5.07. The molecule has 2 saturated heterocycles. The Kier molecular flexibility index (Phi) is 8.02. The van der Waals surface area contributed by atoms with Gasteiger partial charge in [0.05, 0.1) is 30.1 Å². The van der Waals surface area contributed by atoms with Crippen LogP contribution in [0.2, 0.25) is 0 Å². The number of methoxy groups -OCH3 is 1. The summed E-state index contributed by atoms with van der Waals surface area (Å²) in [6.07, 6.45) is 0.275. The monoisotopic (exact) mass is 490 g/mol. The van der Waals surface area contributed by atoms with Crippen LogP contribution in [-0.4, -0.2) is 87.2 Å². The van der Waals surface area contributed by atoms with Gasteiger partial charge in [-0.05, 0) is 55.4 Å². The molecule has 10 nitrogen and oxygen atoms in total. The van der Waals surface area contributed by atoms with Crippen molar-refractivity contribution >= 4 is 29.3 Å². The van der Waals surface area contributed by atoms with Crippen molar-refractivity contribution in [2.24, 2.45) is 0 Å². The van der Waals surface area contributed by atoms with E-state index in [1.807, 2.05) is 11.0 Å². The molecule has 2 fully saturated rings. The largest absolute Gasteiger partial charge is 0.453 e. The maximum absolute atomic E-state index is 13.1. The van der Waals surface area contributed by atoms with Gasteiger partial charge in [-0.25, -0.2) is 4.79 Å². The van der Waals surface area contributed by atoms with Crippen LogP contribution < -0.4 is 15.5 Å². The Morgan fingerprint density at radius 2 is 1.56 bits per heavy atom. The Bertz CT molecular complexity index is 1140. The number of carbonyl (C=O) groups excluding carboxylic acids is 3. The number of hydrogen-bond donors (Lipinski definition) is 2. The predicted octanol–water partition coefficient (Wildman–Crippen LogP) is 2.13. The molecule has 0 spiro atoms. The van der Waals surface area contributed by atoms with Gasteiger partial charge in [0.1, 0.15) is 0 Å². The van der Waals surface area contributed by atoms with Gasteiger partial charge in [-0.15, -0.1) is 0 Å². The summed E-state index contributed by atoms with van der Waals surface area (Å²) in [5.41, 5.74) is 2.81. The summed E-state index contributed by atoms with van der Waals surface area (Å²) in [7, 11) is 1.29. The van der Waals surface area contributed by atoms with Crippen molar-refractivity contribution in [3.63, 3.8) is 0 Å². The van der Waals surface area contributed by atoms with E-state index in [4.69, 9.17) is 10.00 Å². The second-order valence-corrected chi connectivity index (χ2v) is 8.71. The molecular formula is C26H30N6O4. The highest BCUT2D eigenvalue weighted by molar-refractivity contribution is 5.99. The molecule has 0 atom stereocenters. The minimum absolute atomic E-state index is 0.0731. The lowest BCUT2D eigenvalue weighted by Gasteiger charge is -2.37. The predicted molar refractivity (Wildman–Crippen MR) is 135 cm³/mol. The van der Waals surface area contributed by atoms with Gasteiger partial charge >= 0.3 is 6.09 Å². The van der Waals surface area contributed by atoms with Crippen molar-refractivity contribution < 1.29 is 19.1 Å². The summed E-state index contributed by atoms with van der Waals surface area (Å²) in [5.74, 6) is -0.157. The fourth-order valence-corrected chi connectivity index (χ4v) is 4.46. The van der Waals surface area contributed by atoms with E-state index in [9.17, 15) is 14.4 Å². The highest BCUT2D eigenvalue weighted by atomic mass is 16.5. The number of ether oxygens (including phenoxy) is 1. The smallest absolute Gasteiger partial charge is 0.411 e. The van der Waals surface area contributed by atoms with E-state index < -0.39 is 6.09 Å². The molecule has 0 bridgehead atoms. The van der Waals surface area contributed by atoms with Crippen molar-refractivity contribution in [2.45, 2.75) is 6.42 Å². The third kappa shape index (κ3) is 5.75. The molecule has 0 aromatic heterocycles. The Morgan fingerprint density at radius 3 is 2.25 bits per heavy atom. The number of amides is 3. The first-order chi connectivity index (χ1) is 17.5. The molecule has 0 unspecified atom stereocenters. The van der Waals surface area contributed by atoms with Crippen LogP contribution in [0.15, 0.2) is 42.5 Å². The van der Waals surface area contributed by atoms with Crippen LogP contribution in [-0.2, 0) is 4.74 Å². The zero-order valence-corrected chi connectivity index (χ0v) is 20.3. The fraction of sp³-hybridized carbons (Fsp3) is 0.385. The first-order valence-electron chi connectivity index (χ1n) is 12.0. The molecule has 3 amide bonds. The quantitative estimate of drug-likeness (QED) is 0.674. The number of anilines is 2. The van der Waals surface area contributed by atoms with E-state index in [0.717, 1.165) is 25.2 Å². The van der Waals surface area contributed by atoms with Gasteiger partial charge in [0.2, 0.25) is 0 Å². The molecule has 2 N–H and O–H groups in total. The van der Waals surface area contributed by atoms with Crippen LogP contribution in [0.1, 0.15) is 32.7 Å². The van der Waals surface area contributed by atoms with Crippen LogP contribution in [0.25, 0.3) is 0 Å². The highest BCUT2D eigenvalue weighted by Gasteiger charge is 2.25.